The van der Waals surface area contributed by atoms with E-state index >= 15 is 0 Å². The lowest BCUT2D eigenvalue weighted by Gasteiger charge is -2.48. The van der Waals surface area contributed by atoms with Crippen molar-refractivity contribution in [1.29, 1.82) is 0 Å². The molecule has 4 fully saturated rings. The summed E-state index contributed by atoms with van der Waals surface area (Å²) in [4.78, 5) is 0. The lowest BCUT2D eigenvalue weighted by atomic mass is 9.56. The van der Waals surface area contributed by atoms with Gasteiger partial charge in [-0.3, -0.25) is 0 Å². The quantitative estimate of drug-likeness (QED) is 0.324. The molecule has 0 aliphatic heterocycles. The molecular formula is C40H64. The average Bonchev–Trinajstić information content (AvgIpc) is 3.44. The summed E-state index contributed by atoms with van der Waals surface area (Å²) in [5.41, 5.74) is 8.67. The van der Waals surface area contributed by atoms with Crippen molar-refractivity contribution in [3.8, 4) is 0 Å². The van der Waals surface area contributed by atoms with Gasteiger partial charge in [-0.1, -0.05) is 133 Å². The molecule has 0 radical (unpaired) electrons. The molecule has 0 spiro atoms. The van der Waals surface area contributed by atoms with E-state index in [9.17, 15) is 0 Å². The third-order valence-corrected chi connectivity index (χ3v) is 12.1. The highest BCUT2D eigenvalue weighted by Crippen LogP contribution is 2.64. The van der Waals surface area contributed by atoms with Crippen molar-refractivity contribution in [2.24, 2.45) is 62.6 Å². The van der Waals surface area contributed by atoms with Crippen LogP contribution in [0.5, 0.6) is 0 Å². The summed E-state index contributed by atoms with van der Waals surface area (Å²) in [6.07, 6.45) is 24.1. The standard InChI is InChI=1S/C35H52.C5H12/c1-32(2)13-15-34(5,6)30-20-26-24(18-28(30)32)23(17-22-11-9-10-12-22)25-19-29-31(21-27(25)26)35(7,8)16-14-33(29,3)4;1-5(2,3)4/h18-27H,9-17H2,1-8H3;1-4H3. The molecule has 6 rings (SSSR count). The van der Waals surface area contributed by atoms with Crippen molar-refractivity contribution < 1.29 is 0 Å². The second-order valence-corrected chi connectivity index (χ2v) is 19.2. The van der Waals surface area contributed by atoms with Gasteiger partial charge < -0.3 is 0 Å². The molecule has 0 saturated heterocycles. The van der Waals surface area contributed by atoms with E-state index < -0.39 is 0 Å². The molecule has 6 aliphatic rings. The molecule has 40 heavy (non-hydrogen) atoms. The second kappa shape index (κ2) is 10.0. The SMILES string of the molecule is CC(C)(C)C.CC1(C)CCC(C)(C)C2=CC3C(C=C21)C1C=C2C(=CC1C3CC1CCCC1)C(C)(C)CCC2(C)C. The summed E-state index contributed by atoms with van der Waals surface area (Å²) in [5.74, 6) is 4.66. The number of rotatable bonds is 2. The zero-order valence-electron chi connectivity index (χ0n) is 28.6. The van der Waals surface area contributed by atoms with Gasteiger partial charge in [0.05, 0.1) is 0 Å². The predicted molar refractivity (Wildman–Crippen MR) is 175 cm³/mol. The van der Waals surface area contributed by atoms with E-state index in [1.54, 1.807) is 22.3 Å². The molecule has 0 aromatic rings. The Morgan fingerprint density at radius 3 is 1.10 bits per heavy atom. The van der Waals surface area contributed by atoms with Gasteiger partial charge in [-0.05, 0) is 117 Å². The van der Waals surface area contributed by atoms with Crippen LogP contribution in [0.1, 0.15) is 141 Å². The van der Waals surface area contributed by atoms with Gasteiger partial charge in [-0.15, -0.1) is 0 Å². The van der Waals surface area contributed by atoms with Gasteiger partial charge in [-0.2, -0.15) is 0 Å². The van der Waals surface area contributed by atoms with Crippen LogP contribution in [0.25, 0.3) is 0 Å². The van der Waals surface area contributed by atoms with E-state index in [1.165, 1.54) is 57.8 Å². The maximum atomic E-state index is 2.87. The zero-order chi connectivity index (χ0) is 29.5. The minimum Gasteiger partial charge on any atom is -0.0765 e. The summed E-state index contributed by atoms with van der Waals surface area (Å²) in [6, 6.07) is 0. The summed E-state index contributed by atoms with van der Waals surface area (Å²) < 4.78 is 0. The van der Waals surface area contributed by atoms with Gasteiger partial charge in [0.1, 0.15) is 0 Å². The van der Waals surface area contributed by atoms with Gasteiger partial charge in [0, 0.05) is 0 Å². The van der Waals surface area contributed by atoms with Crippen LogP contribution in [0, 0.1) is 62.6 Å². The first-order valence-corrected chi connectivity index (χ1v) is 17.2. The third kappa shape index (κ3) is 5.65. The molecule has 0 bridgehead atoms. The first kappa shape index (κ1) is 30.4. The van der Waals surface area contributed by atoms with Crippen molar-refractivity contribution in [3.63, 3.8) is 0 Å². The summed E-state index contributed by atoms with van der Waals surface area (Å²) >= 11 is 0. The molecule has 0 aromatic carbocycles. The molecule has 0 N–H and O–H groups in total. The van der Waals surface area contributed by atoms with Crippen molar-refractivity contribution >= 4 is 0 Å². The van der Waals surface area contributed by atoms with E-state index in [-0.39, 0.29) is 0 Å². The number of allylic oxidation sites excluding steroid dienone is 8. The van der Waals surface area contributed by atoms with Gasteiger partial charge >= 0.3 is 0 Å². The highest BCUT2D eigenvalue weighted by atomic mass is 14.6. The van der Waals surface area contributed by atoms with Crippen LogP contribution < -0.4 is 0 Å². The molecule has 0 heterocycles. The average molecular weight is 545 g/mol. The van der Waals surface area contributed by atoms with Crippen LogP contribution in [0.2, 0.25) is 0 Å². The van der Waals surface area contributed by atoms with Crippen molar-refractivity contribution in [3.05, 3.63) is 46.6 Å². The molecular weight excluding hydrogens is 480 g/mol. The molecule has 0 amide bonds. The largest absolute Gasteiger partial charge is 0.0765 e. The Kier molecular flexibility index (Phi) is 7.62. The van der Waals surface area contributed by atoms with Crippen molar-refractivity contribution in [1.82, 2.24) is 0 Å². The van der Waals surface area contributed by atoms with Crippen LogP contribution in [-0.2, 0) is 0 Å². The molecule has 0 heteroatoms. The third-order valence-electron chi connectivity index (χ3n) is 12.1. The predicted octanol–water partition coefficient (Wildman–Crippen LogP) is 12.1. The number of fused-ring (bicyclic) bond motifs is 5. The number of hydrogen-bond acceptors (Lipinski definition) is 0. The maximum absolute atomic E-state index is 2.87. The molecule has 0 nitrogen and oxygen atoms in total. The minimum absolute atomic E-state index is 0.320. The zero-order valence-corrected chi connectivity index (χ0v) is 28.6. The van der Waals surface area contributed by atoms with E-state index in [0.29, 0.717) is 38.9 Å². The van der Waals surface area contributed by atoms with Gasteiger partial charge in [-0.25, -0.2) is 0 Å². The van der Waals surface area contributed by atoms with E-state index in [4.69, 9.17) is 0 Å². The lowest BCUT2D eigenvalue weighted by molar-refractivity contribution is 0.238. The summed E-state index contributed by atoms with van der Waals surface area (Å²) in [7, 11) is 0. The van der Waals surface area contributed by atoms with Crippen LogP contribution in [0.4, 0.5) is 0 Å². The highest BCUT2D eigenvalue weighted by Gasteiger charge is 2.54. The topological polar surface area (TPSA) is 0 Å². The Bertz CT molecular complexity index is 1020. The van der Waals surface area contributed by atoms with Gasteiger partial charge in [0.15, 0.2) is 0 Å². The van der Waals surface area contributed by atoms with Crippen LogP contribution in [0.3, 0.4) is 0 Å². The summed E-state index contributed by atoms with van der Waals surface area (Å²) in [6.45, 7) is 29.0. The van der Waals surface area contributed by atoms with E-state index in [0.717, 1.165) is 23.7 Å². The Morgan fingerprint density at radius 1 is 0.525 bits per heavy atom. The van der Waals surface area contributed by atoms with Gasteiger partial charge in [0.25, 0.3) is 0 Å². The Morgan fingerprint density at radius 2 is 0.800 bits per heavy atom. The van der Waals surface area contributed by atoms with Crippen LogP contribution >= 0.6 is 0 Å². The van der Waals surface area contributed by atoms with Crippen LogP contribution in [-0.4, -0.2) is 0 Å². The fourth-order valence-electron chi connectivity index (χ4n) is 9.48. The summed E-state index contributed by atoms with van der Waals surface area (Å²) in [5, 5.41) is 0. The molecule has 4 unspecified atom stereocenters. The van der Waals surface area contributed by atoms with Crippen molar-refractivity contribution in [2.45, 2.75) is 141 Å². The lowest BCUT2D eigenvalue weighted by Crippen LogP contribution is -2.36. The van der Waals surface area contributed by atoms with E-state index in [2.05, 4.69) is 107 Å². The smallest absolute Gasteiger partial charge is 0.00924 e. The first-order chi connectivity index (χ1) is 18.3. The highest BCUT2D eigenvalue weighted by molar-refractivity contribution is 5.51. The molecule has 6 aliphatic carbocycles. The monoisotopic (exact) mass is 545 g/mol. The van der Waals surface area contributed by atoms with E-state index in [1.807, 2.05) is 0 Å². The minimum atomic E-state index is 0.320. The fraction of sp³-hybridized carbons (Fsp3) is 0.800. The first-order valence-electron chi connectivity index (χ1n) is 17.2. The Hall–Kier alpha value is -1.04. The van der Waals surface area contributed by atoms with Crippen molar-refractivity contribution in [2.75, 3.05) is 0 Å². The molecule has 224 valence electrons. The Balaban J connectivity index is 0.000000595. The fourth-order valence-corrected chi connectivity index (χ4v) is 9.48. The normalized spacial score (nSPS) is 36.9. The maximum Gasteiger partial charge on any atom is -0.00924 e. The molecule has 0 aromatic heterocycles. The molecule has 4 atom stereocenters. The Labute approximate surface area is 249 Å². The second-order valence-electron chi connectivity index (χ2n) is 19.2. The van der Waals surface area contributed by atoms with Crippen LogP contribution in [0.15, 0.2) is 46.6 Å². The molecule has 4 saturated carbocycles. The van der Waals surface area contributed by atoms with Gasteiger partial charge in [0.2, 0.25) is 0 Å². The number of hydrogen-bond donors (Lipinski definition) is 0.